The molecule has 0 aromatic heterocycles. The minimum atomic E-state index is -0.985. The second-order valence-electron chi connectivity index (χ2n) is 9.44. The van der Waals surface area contributed by atoms with Crippen LogP contribution < -0.4 is 10.6 Å². The molecule has 0 bridgehead atoms. The number of aliphatic hydroxyl groups excluding tert-OH is 2. The largest absolute Gasteiger partial charge is 0.504 e. The maximum Gasteiger partial charge on any atom is 0.434 e. The first-order valence-corrected chi connectivity index (χ1v) is 11.3. The summed E-state index contributed by atoms with van der Waals surface area (Å²) in [5.74, 6) is -3.56. The van der Waals surface area contributed by atoms with Crippen molar-refractivity contribution < 1.29 is 38.3 Å². The van der Waals surface area contributed by atoms with Gasteiger partial charge in [0.05, 0.1) is 6.61 Å². The summed E-state index contributed by atoms with van der Waals surface area (Å²) < 4.78 is 20.5. The lowest BCUT2D eigenvalue weighted by Gasteiger charge is -2.30. The lowest BCUT2D eigenvalue weighted by molar-refractivity contribution is -0.385. The molecule has 0 saturated heterocycles. The first-order chi connectivity index (χ1) is 17.0. The van der Waals surface area contributed by atoms with Gasteiger partial charge in [-0.25, -0.2) is 14.2 Å². The second-order valence-corrected chi connectivity index (χ2v) is 9.44. The predicted octanol–water partition coefficient (Wildman–Crippen LogP) is 0.776. The van der Waals surface area contributed by atoms with Crippen LogP contribution in [0.4, 0.5) is 4.39 Å². The summed E-state index contributed by atoms with van der Waals surface area (Å²) in [6, 6.07) is 5.81. The number of ether oxygens (including phenoxy) is 1. The van der Waals surface area contributed by atoms with Gasteiger partial charge in [0.2, 0.25) is 12.3 Å². The van der Waals surface area contributed by atoms with Gasteiger partial charge in [0.15, 0.2) is 17.0 Å². The number of halogens is 1. The van der Waals surface area contributed by atoms with Crippen LogP contribution >= 0.6 is 0 Å². The topological polar surface area (TPSA) is 140 Å². The van der Waals surface area contributed by atoms with E-state index in [2.05, 4.69) is 15.6 Å². The summed E-state index contributed by atoms with van der Waals surface area (Å²) in [7, 11) is 0. The smallest absolute Gasteiger partial charge is 0.434 e. The molecule has 1 unspecified atom stereocenters. The number of nitrogens with one attached hydrogen (secondary N) is 2. The Morgan fingerprint density at radius 3 is 2.53 bits per heavy atom. The fraction of sp³-hybridized carbons (Fsp3) is 0.320. The molecule has 36 heavy (non-hydrogen) atoms. The molecule has 0 radical (unpaired) electrons. The zero-order chi connectivity index (χ0) is 26.2. The molecule has 3 heterocycles. The van der Waals surface area contributed by atoms with Crippen LogP contribution in [0.25, 0.3) is 0 Å². The van der Waals surface area contributed by atoms with Crippen molar-refractivity contribution in [3.8, 4) is 0 Å². The molecule has 4 N–H and O–H groups in total. The highest BCUT2D eigenvalue weighted by Crippen LogP contribution is 2.30. The predicted molar refractivity (Wildman–Crippen MR) is 126 cm³/mol. The average Bonchev–Trinajstić information content (AvgIpc) is 2.82. The van der Waals surface area contributed by atoms with Crippen molar-refractivity contribution in [3.05, 3.63) is 70.7 Å². The molecule has 11 heteroatoms. The summed E-state index contributed by atoms with van der Waals surface area (Å²) in [6.45, 7) is 4.86. The van der Waals surface area contributed by atoms with Crippen molar-refractivity contribution in [1.29, 1.82) is 0 Å². The van der Waals surface area contributed by atoms with Crippen LogP contribution in [0.5, 0.6) is 0 Å². The molecule has 0 fully saturated rings. The van der Waals surface area contributed by atoms with E-state index in [1.807, 2.05) is 0 Å². The van der Waals surface area contributed by atoms with Gasteiger partial charge in [-0.05, 0) is 44.9 Å². The van der Waals surface area contributed by atoms with E-state index in [0.29, 0.717) is 5.57 Å². The molecule has 1 aromatic carbocycles. The van der Waals surface area contributed by atoms with E-state index in [9.17, 15) is 23.9 Å². The van der Waals surface area contributed by atoms with Crippen LogP contribution in [0.3, 0.4) is 0 Å². The highest BCUT2D eigenvalue weighted by molar-refractivity contribution is 6.52. The Hall–Kier alpha value is -4.12. The van der Waals surface area contributed by atoms with Crippen LogP contribution in [-0.2, 0) is 25.5 Å². The summed E-state index contributed by atoms with van der Waals surface area (Å²) >= 11 is 0. The molecule has 0 aliphatic carbocycles. The number of allylic oxidation sites excluding steroid dienone is 1. The third-order valence-electron chi connectivity index (χ3n) is 5.49. The molecule has 3 amide bonds. The van der Waals surface area contributed by atoms with Gasteiger partial charge in [-0.1, -0.05) is 12.1 Å². The number of benzene rings is 1. The minimum absolute atomic E-state index is 0.0527. The monoisotopic (exact) mass is 497 g/mol. The third-order valence-corrected chi connectivity index (χ3v) is 5.49. The molecule has 1 atom stereocenters. The van der Waals surface area contributed by atoms with Crippen molar-refractivity contribution in [2.45, 2.75) is 38.8 Å². The number of nitrogens with zero attached hydrogens (tertiary/aromatic N) is 2. The standard InChI is InChI=1S/C25H25FN4O6/c1-25(2,3)29-22(33)16-12-30-19-18(20(32)17(24(30)35)23(34)27-8-9-31)28-11-14(21(19)36-16)10-13-4-6-15(26)7-5-13/h4-7,11-12,21,31H,8-10H2,1-3H3,(H2-,27,29,32,33,34,35)/p+1. The van der Waals surface area contributed by atoms with E-state index in [0.717, 1.165) is 16.3 Å². The Balaban J connectivity index is 1.81. The molecular formula is C25H26FN4O6+. The zero-order valence-electron chi connectivity index (χ0n) is 20.0. The van der Waals surface area contributed by atoms with Crippen molar-refractivity contribution in [2.75, 3.05) is 13.2 Å². The van der Waals surface area contributed by atoms with Gasteiger partial charge in [-0.3, -0.25) is 9.59 Å². The molecule has 3 aliphatic rings. The average molecular weight is 498 g/mol. The quantitative estimate of drug-likeness (QED) is 0.338. The third kappa shape index (κ3) is 4.82. The van der Waals surface area contributed by atoms with Gasteiger partial charge in [0, 0.05) is 23.9 Å². The van der Waals surface area contributed by atoms with Crippen LogP contribution in [0.15, 0.2) is 64.3 Å². The van der Waals surface area contributed by atoms with Gasteiger partial charge in [-0.15, -0.1) is 4.58 Å². The van der Waals surface area contributed by atoms with Crippen LogP contribution in [-0.4, -0.2) is 68.7 Å². The fourth-order valence-corrected chi connectivity index (χ4v) is 3.94. The summed E-state index contributed by atoms with van der Waals surface area (Å²) in [4.78, 5) is 43.3. The van der Waals surface area contributed by atoms with Gasteiger partial charge in [0.1, 0.15) is 5.82 Å². The highest BCUT2D eigenvalue weighted by Gasteiger charge is 2.52. The normalized spacial score (nSPS) is 19.1. The summed E-state index contributed by atoms with van der Waals surface area (Å²) in [6.07, 6.45) is 1.87. The van der Waals surface area contributed by atoms with E-state index in [-0.39, 0.29) is 36.8 Å². The van der Waals surface area contributed by atoms with Gasteiger partial charge in [0.25, 0.3) is 23.3 Å². The van der Waals surface area contributed by atoms with E-state index >= 15 is 0 Å². The van der Waals surface area contributed by atoms with Crippen molar-refractivity contribution in [3.63, 3.8) is 0 Å². The summed E-state index contributed by atoms with van der Waals surface area (Å²) in [5, 5.41) is 25.0. The number of carbonyl (C=O) groups excluding carboxylic acids is 3. The molecule has 10 nitrogen and oxygen atoms in total. The van der Waals surface area contributed by atoms with E-state index < -0.39 is 46.5 Å². The van der Waals surface area contributed by atoms with Crippen LogP contribution in [0.2, 0.25) is 0 Å². The Morgan fingerprint density at radius 1 is 1.19 bits per heavy atom. The van der Waals surface area contributed by atoms with E-state index in [1.54, 1.807) is 32.9 Å². The van der Waals surface area contributed by atoms with Gasteiger partial charge >= 0.3 is 5.91 Å². The number of carbonyl (C=O) groups is 3. The van der Waals surface area contributed by atoms with Crippen molar-refractivity contribution in [2.24, 2.45) is 4.99 Å². The van der Waals surface area contributed by atoms with E-state index in [4.69, 9.17) is 9.84 Å². The molecular weight excluding hydrogens is 471 g/mol. The molecule has 0 saturated carbocycles. The number of amides is 3. The number of hydrogen-bond donors (Lipinski definition) is 4. The molecule has 188 valence electrons. The maximum atomic E-state index is 13.4. The first kappa shape index (κ1) is 25.0. The number of rotatable bonds is 6. The summed E-state index contributed by atoms with van der Waals surface area (Å²) in [5.41, 5.74) is 0.211. The van der Waals surface area contributed by atoms with Gasteiger partial charge < -0.3 is 25.6 Å². The highest BCUT2D eigenvalue weighted by atomic mass is 19.1. The number of aliphatic imine (C=N–C) groups is 1. The van der Waals surface area contributed by atoms with Crippen LogP contribution in [0.1, 0.15) is 26.3 Å². The van der Waals surface area contributed by atoms with Crippen molar-refractivity contribution >= 4 is 29.1 Å². The lowest BCUT2D eigenvalue weighted by atomic mass is 9.89. The van der Waals surface area contributed by atoms with E-state index in [1.165, 1.54) is 18.3 Å². The molecule has 4 rings (SSSR count). The van der Waals surface area contributed by atoms with Crippen LogP contribution in [0, 0.1) is 5.82 Å². The Morgan fingerprint density at radius 2 is 1.89 bits per heavy atom. The Kier molecular flexibility index (Phi) is 6.59. The lowest BCUT2D eigenvalue weighted by Crippen LogP contribution is -2.53. The zero-order valence-corrected chi connectivity index (χ0v) is 20.0. The second kappa shape index (κ2) is 9.50. The van der Waals surface area contributed by atoms with Crippen molar-refractivity contribution in [1.82, 2.24) is 10.6 Å². The minimum Gasteiger partial charge on any atom is -0.504 e. The number of hydrogen-bond acceptors (Lipinski definition) is 7. The molecule has 1 aromatic rings. The SMILES string of the molecule is CC(C)(C)NC(=O)C1=C[N+]2=C3C(=NC=C(Cc4ccc(F)cc4)C3O1)C(O)=C(C(=O)NCCO)C2=O. The first-order valence-electron chi connectivity index (χ1n) is 11.3. The molecule has 3 aliphatic heterocycles. The molecule has 0 spiro atoms. The Labute approximate surface area is 206 Å². The Bertz CT molecular complexity index is 1300. The fourth-order valence-electron chi connectivity index (χ4n) is 3.94. The van der Waals surface area contributed by atoms with Gasteiger partial charge in [-0.2, -0.15) is 0 Å². The number of aliphatic hydroxyl groups is 2. The maximum absolute atomic E-state index is 13.4.